The van der Waals surface area contributed by atoms with Crippen molar-refractivity contribution in [1.29, 1.82) is 0 Å². The van der Waals surface area contributed by atoms with Crippen molar-refractivity contribution in [2.24, 2.45) is 11.8 Å². The molecular formula is C48H50F4N6O4. The van der Waals surface area contributed by atoms with E-state index >= 15 is 8.78 Å². The molecule has 5 aliphatic heterocycles. The van der Waals surface area contributed by atoms with Gasteiger partial charge in [0.15, 0.2) is 0 Å². The summed E-state index contributed by atoms with van der Waals surface area (Å²) in [5.74, 6) is -3.82. The second-order valence-corrected chi connectivity index (χ2v) is 18.2. The molecule has 4 amide bonds. The number of anilines is 1. The maximum absolute atomic E-state index is 16.4. The van der Waals surface area contributed by atoms with Crippen molar-refractivity contribution in [2.75, 3.05) is 37.6 Å². The molecule has 3 aromatic carbocycles. The third kappa shape index (κ3) is 7.22. The number of nitrogens with zero attached hydrogens (tertiary/aromatic N) is 4. The third-order valence-corrected chi connectivity index (χ3v) is 14.5. The standard InChI is InChI=1S/C48H50F4N6O4/c1-26-18-34-33-4-2-3-5-39(33)53-45(34)43(32(26)6-8-41(51)52)44-37(49)21-31(22-38(44)50)57-16-12-30(13-17-57)56-14-10-27(11-15-56)23-55-24-28-19-35-36(20-29(28)25-55)48(62)58(47(35)61)40-7-9-42(59)54-46(40)60/h2-6,19-22,26-27,30,40-41,43,53H,7-18,23-25H2,1H3,(H,54,59,60)/t26-,40?,43-/m1/s1. The SMILES string of the molecule is C[C@@H]1Cc2c([nH]c3ccccc23)[C@@H](c2c(F)cc(N3CCC(N4CCC(CN5Cc6cc7c(cc6C5)C(=O)N(C5CCC(=O)NC5=O)C7=O)CC4)CC3)cc2F)C1=CCC(F)F. The van der Waals surface area contributed by atoms with E-state index in [4.69, 9.17) is 0 Å². The average Bonchev–Trinajstić information content (AvgIpc) is 3.90. The highest BCUT2D eigenvalue weighted by Gasteiger charge is 2.46. The van der Waals surface area contributed by atoms with E-state index < -0.39 is 60.1 Å². The Labute approximate surface area is 357 Å². The monoisotopic (exact) mass is 850 g/mol. The molecule has 10 rings (SSSR count). The Bertz CT molecular complexity index is 2450. The average molecular weight is 851 g/mol. The van der Waals surface area contributed by atoms with Crippen LogP contribution in [-0.4, -0.2) is 94.5 Å². The number of hydrogen-bond donors (Lipinski definition) is 2. The van der Waals surface area contributed by atoms with Crippen molar-refractivity contribution in [3.8, 4) is 0 Å². The second kappa shape index (κ2) is 16.1. The van der Waals surface area contributed by atoms with Gasteiger partial charge in [0.1, 0.15) is 17.7 Å². The first-order valence-electron chi connectivity index (χ1n) is 22.1. The first kappa shape index (κ1) is 40.7. The minimum absolute atomic E-state index is 0.0828. The van der Waals surface area contributed by atoms with E-state index in [2.05, 4.69) is 25.0 Å². The number of allylic oxidation sites excluding steroid dienone is 2. The number of rotatable bonds is 8. The summed E-state index contributed by atoms with van der Waals surface area (Å²) in [4.78, 5) is 62.2. The summed E-state index contributed by atoms with van der Waals surface area (Å²) in [6.07, 6.45) is 3.10. The largest absolute Gasteiger partial charge is 0.371 e. The summed E-state index contributed by atoms with van der Waals surface area (Å²) in [7, 11) is 0. The number of benzene rings is 3. The van der Waals surface area contributed by atoms with Crippen molar-refractivity contribution in [2.45, 2.75) is 95.8 Å². The minimum atomic E-state index is -2.56. The maximum atomic E-state index is 16.4. The molecule has 0 saturated carbocycles. The lowest BCUT2D eigenvalue weighted by Crippen LogP contribution is -2.54. The zero-order chi connectivity index (χ0) is 43.0. The van der Waals surface area contributed by atoms with Crippen LogP contribution in [-0.2, 0) is 29.1 Å². The molecule has 0 bridgehead atoms. The molecule has 1 unspecified atom stereocenters. The van der Waals surface area contributed by atoms with Crippen LogP contribution in [0.25, 0.3) is 10.9 Å². The predicted octanol–water partition coefficient (Wildman–Crippen LogP) is 7.45. The van der Waals surface area contributed by atoms with Crippen LogP contribution < -0.4 is 10.2 Å². The number of H-pyrrole nitrogens is 1. The van der Waals surface area contributed by atoms with Crippen LogP contribution in [0, 0.1) is 23.5 Å². The summed E-state index contributed by atoms with van der Waals surface area (Å²) in [6.45, 7) is 7.50. The fraction of sp³-hybridized carbons (Fsp3) is 0.458. The quantitative estimate of drug-likeness (QED) is 0.108. The van der Waals surface area contributed by atoms with E-state index in [9.17, 15) is 28.0 Å². The molecule has 3 saturated heterocycles. The molecular weight excluding hydrogens is 801 g/mol. The Kier molecular flexibility index (Phi) is 10.6. The zero-order valence-electron chi connectivity index (χ0n) is 34.7. The summed E-state index contributed by atoms with van der Waals surface area (Å²) in [6, 6.07) is 13.6. The van der Waals surface area contributed by atoms with Crippen molar-refractivity contribution in [3.05, 3.63) is 111 Å². The minimum Gasteiger partial charge on any atom is -0.371 e. The van der Waals surface area contributed by atoms with Gasteiger partial charge in [-0.25, -0.2) is 17.6 Å². The fourth-order valence-electron chi connectivity index (χ4n) is 11.4. The number of amides is 4. The highest BCUT2D eigenvalue weighted by molar-refractivity contribution is 6.23. The summed E-state index contributed by atoms with van der Waals surface area (Å²) >= 11 is 0. The molecule has 6 aliphatic rings. The van der Waals surface area contributed by atoms with E-state index in [1.54, 1.807) is 0 Å². The van der Waals surface area contributed by atoms with E-state index in [0.29, 0.717) is 72.6 Å². The Balaban J connectivity index is 0.749. The van der Waals surface area contributed by atoms with Gasteiger partial charge in [-0.1, -0.05) is 36.8 Å². The molecule has 10 nitrogen and oxygen atoms in total. The van der Waals surface area contributed by atoms with Crippen LogP contribution in [0.4, 0.5) is 23.2 Å². The van der Waals surface area contributed by atoms with Gasteiger partial charge in [0.2, 0.25) is 18.2 Å². The van der Waals surface area contributed by atoms with Gasteiger partial charge < -0.3 is 14.8 Å². The normalized spacial score (nSPS) is 24.7. The highest BCUT2D eigenvalue weighted by atomic mass is 19.3. The molecule has 1 aromatic heterocycles. The van der Waals surface area contributed by atoms with Gasteiger partial charge in [0, 0.05) is 79.5 Å². The third-order valence-electron chi connectivity index (χ3n) is 14.5. The van der Waals surface area contributed by atoms with E-state index in [1.807, 2.05) is 43.3 Å². The fourth-order valence-corrected chi connectivity index (χ4v) is 11.4. The summed E-state index contributed by atoms with van der Waals surface area (Å²) in [5, 5.41) is 3.23. The molecule has 62 heavy (non-hydrogen) atoms. The first-order chi connectivity index (χ1) is 29.9. The number of hydrogen-bond acceptors (Lipinski definition) is 7. The Morgan fingerprint density at radius 2 is 1.50 bits per heavy atom. The Morgan fingerprint density at radius 3 is 2.15 bits per heavy atom. The van der Waals surface area contributed by atoms with Crippen LogP contribution in [0.15, 0.2) is 60.2 Å². The van der Waals surface area contributed by atoms with Crippen molar-refractivity contribution >= 4 is 40.2 Å². The molecule has 6 heterocycles. The van der Waals surface area contributed by atoms with E-state index in [0.717, 1.165) is 77.8 Å². The summed E-state index contributed by atoms with van der Waals surface area (Å²) < 4.78 is 59.7. The Morgan fingerprint density at radius 1 is 0.839 bits per heavy atom. The molecule has 3 atom stereocenters. The number of carbonyl (C=O) groups is 4. The maximum Gasteiger partial charge on any atom is 0.262 e. The molecule has 4 aromatic rings. The number of alkyl halides is 2. The predicted molar refractivity (Wildman–Crippen MR) is 225 cm³/mol. The topological polar surface area (TPSA) is 109 Å². The molecule has 324 valence electrons. The number of para-hydroxylation sites is 1. The highest BCUT2D eigenvalue weighted by Crippen LogP contribution is 2.48. The molecule has 3 fully saturated rings. The van der Waals surface area contributed by atoms with Gasteiger partial charge in [0.25, 0.3) is 11.8 Å². The number of fused-ring (bicyclic) bond motifs is 5. The van der Waals surface area contributed by atoms with Gasteiger partial charge in [-0.05, 0) is 110 Å². The van der Waals surface area contributed by atoms with Crippen molar-refractivity contribution in [3.63, 3.8) is 0 Å². The molecule has 0 spiro atoms. The molecule has 1 aliphatic carbocycles. The van der Waals surface area contributed by atoms with Crippen LogP contribution in [0.5, 0.6) is 0 Å². The van der Waals surface area contributed by atoms with Crippen LogP contribution in [0.2, 0.25) is 0 Å². The molecule has 14 heteroatoms. The number of aromatic amines is 1. The number of aromatic nitrogens is 1. The lowest BCUT2D eigenvalue weighted by atomic mass is 9.72. The van der Waals surface area contributed by atoms with Gasteiger partial charge in [-0.3, -0.25) is 34.3 Å². The molecule has 0 radical (unpaired) electrons. The smallest absolute Gasteiger partial charge is 0.262 e. The first-order valence-corrected chi connectivity index (χ1v) is 22.1. The van der Waals surface area contributed by atoms with Gasteiger partial charge in [-0.15, -0.1) is 0 Å². The number of halogens is 4. The van der Waals surface area contributed by atoms with Gasteiger partial charge in [0.05, 0.1) is 17.0 Å². The Hall–Kier alpha value is -5.34. The lowest BCUT2D eigenvalue weighted by Gasteiger charge is -2.43. The van der Waals surface area contributed by atoms with E-state index in [1.165, 1.54) is 18.2 Å². The van der Waals surface area contributed by atoms with Gasteiger partial charge >= 0.3 is 0 Å². The number of carbonyl (C=O) groups excluding carboxylic acids is 4. The number of imide groups is 2. The number of nitrogens with one attached hydrogen (secondary N) is 2. The van der Waals surface area contributed by atoms with Crippen molar-refractivity contribution in [1.82, 2.24) is 25.0 Å². The second-order valence-electron chi connectivity index (χ2n) is 18.2. The number of likely N-dealkylation sites (tertiary alicyclic amines) is 1. The van der Waals surface area contributed by atoms with Crippen molar-refractivity contribution < 1.29 is 36.7 Å². The lowest BCUT2D eigenvalue weighted by molar-refractivity contribution is -0.136. The number of piperidine rings is 3. The van der Waals surface area contributed by atoms with E-state index in [-0.39, 0.29) is 24.3 Å². The van der Waals surface area contributed by atoms with Gasteiger partial charge in [-0.2, -0.15) is 0 Å². The molecule has 2 N–H and O–H groups in total. The zero-order valence-corrected chi connectivity index (χ0v) is 34.7. The summed E-state index contributed by atoms with van der Waals surface area (Å²) in [5.41, 5.74) is 6.20. The van der Waals surface area contributed by atoms with Crippen LogP contribution in [0.3, 0.4) is 0 Å². The van der Waals surface area contributed by atoms with Crippen LogP contribution in [0.1, 0.15) is 106 Å². The van der Waals surface area contributed by atoms with Crippen LogP contribution >= 0.6 is 0 Å².